The fraction of sp³-hybridized carbons (Fsp3) is 0.276. The van der Waals surface area contributed by atoms with Crippen LogP contribution >= 0.6 is 23.2 Å². The number of anilines is 1. The first kappa shape index (κ1) is 28.3. The van der Waals surface area contributed by atoms with E-state index in [9.17, 15) is 14.7 Å². The molecule has 39 heavy (non-hydrogen) atoms. The zero-order valence-electron chi connectivity index (χ0n) is 22.1. The van der Waals surface area contributed by atoms with Gasteiger partial charge in [0.15, 0.2) is 11.5 Å². The maximum Gasteiger partial charge on any atom is 0.295 e. The van der Waals surface area contributed by atoms with Gasteiger partial charge in [-0.3, -0.25) is 14.6 Å². The molecule has 1 amide bonds. The number of pyridine rings is 1. The summed E-state index contributed by atoms with van der Waals surface area (Å²) in [6.45, 7) is 5.93. The molecule has 3 aromatic rings. The van der Waals surface area contributed by atoms with Crippen LogP contribution in [0.3, 0.4) is 0 Å². The molecule has 204 valence electrons. The van der Waals surface area contributed by atoms with E-state index in [4.69, 9.17) is 32.7 Å². The van der Waals surface area contributed by atoms with Crippen LogP contribution in [0.2, 0.25) is 10.0 Å². The highest BCUT2D eigenvalue weighted by Gasteiger charge is 2.46. The van der Waals surface area contributed by atoms with Gasteiger partial charge in [0, 0.05) is 37.7 Å². The summed E-state index contributed by atoms with van der Waals surface area (Å²) in [5, 5.41) is 11.7. The lowest BCUT2D eigenvalue weighted by Crippen LogP contribution is -2.29. The molecule has 0 bridgehead atoms. The van der Waals surface area contributed by atoms with Crippen molar-refractivity contribution in [2.45, 2.75) is 26.4 Å². The van der Waals surface area contributed by atoms with Crippen molar-refractivity contribution >= 4 is 46.3 Å². The minimum absolute atomic E-state index is 0.0280. The molecule has 1 saturated heterocycles. The number of aliphatic hydroxyl groups is 1. The van der Waals surface area contributed by atoms with E-state index >= 15 is 0 Å². The zero-order chi connectivity index (χ0) is 28.3. The molecule has 1 unspecified atom stereocenters. The number of aromatic nitrogens is 1. The second kappa shape index (κ2) is 12.0. The minimum atomic E-state index is -0.881. The summed E-state index contributed by atoms with van der Waals surface area (Å²) in [6.07, 6.45) is 3.23. The summed E-state index contributed by atoms with van der Waals surface area (Å²) in [5.74, 6) is -1.80. The Morgan fingerprint density at radius 2 is 1.62 bits per heavy atom. The highest BCUT2D eigenvalue weighted by Crippen LogP contribution is 2.47. The van der Waals surface area contributed by atoms with Crippen LogP contribution in [0, 0.1) is 0 Å². The first-order chi connectivity index (χ1) is 18.8. The topological polar surface area (TPSA) is 92.2 Å². The summed E-state index contributed by atoms with van der Waals surface area (Å²) in [7, 11) is 2.77. The Balaban J connectivity index is 1.92. The summed E-state index contributed by atoms with van der Waals surface area (Å²) in [5.41, 5.74) is 2.42. The molecule has 1 aliphatic heterocycles. The van der Waals surface area contributed by atoms with Crippen molar-refractivity contribution in [1.82, 2.24) is 9.88 Å². The van der Waals surface area contributed by atoms with Gasteiger partial charge in [0.05, 0.1) is 36.4 Å². The molecule has 0 spiro atoms. The number of carbonyl (C=O) groups excluding carboxylic acids is 2. The number of ether oxygens (including phenoxy) is 2. The Hall–Kier alpha value is -3.75. The number of benzene rings is 2. The van der Waals surface area contributed by atoms with E-state index in [1.165, 1.54) is 25.2 Å². The minimum Gasteiger partial charge on any atom is -0.507 e. The van der Waals surface area contributed by atoms with Gasteiger partial charge in [-0.25, -0.2) is 0 Å². The second-order valence-electron chi connectivity index (χ2n) is 8.83. The fourth-order valence-electron chi connectivity index (χ4n) is 4.82. The molecule has 1 atom stereocenters. The second-order valence-corrected chi connectivity index (χ2v) is 9.62. The smallest absolute Gasteiger partial charge is 0.295 e. The summed E-state index contributed by atoms with van der Waals surface area (Å²) in [6, 6.07) is 11.7. The largest absolute Gasteiger partial charge is 0.507 e. The molecule has 2 aromatic carbocycles. The summed E-state index contributed by atoms with van der Waals surface area (Å²) < 4.78 is 10.7. The van der Waals surface area contributed by atoms with E-state index in [0.717, 1.165) is 24.3 Å². The van der Waals surface area contributed by atoms with Crippen molar-refractivity contribution in [1.29, 1.82) is 0 Å². The van der Waals surface area contributed by atoms with Crippen molar-refractivity contribution in [2.75, 3.05) is 32.2 Å². The molecule has 1 aromatic heterocycles. The molecule has 0 radical (unpaired) electrons. The number of hydrogen-bond acceptors (Lipinski definition) is 7. The van der Waals surface area contributed by atoms with E-state index in [-0.39, 0.29) is 39.2 Å². The average molecular weight is 570 g/mol. The van der Waals surface area contributed by atoms with Gasteiger partial charge < -0.3 is 24.4 Å². The van der Waals surface area contributed by atoms with Crippen LogP contribution < -0.4 is 14.4 Å². The fourth-order valence-corrected chi connectivity index (χ4v) is 5.51. The molecule has 1 fully saturated rings. The van der Waals surface area contributed by atoms with Crippen molar-refractivity contribution < 1.29 is 24.2 Å². The Kier molecular flexibility index (Phi) is 8.67. The number of carbonyl (C=O) groups is 2. The van der Waals surface area contributed by atoms with E-state index in [2.05, 4.69) is 23.7 Å². The number of Topliss-reactive ketones (excluding diaryl/α,β-unsaturated/α-hetero) is 1. The van der Waals surface area contributed by atoms with E-state index < -0.39 is 23.5 Å². The number of rotatable bonds is 9. The maximum atomic E-state index is 13.5. The van der Waals surface area contributed by atoms with Crippen LogP contribution in [-0.4, -0.2) is 54.0 Å². The normalized spacial score (nSPS) is 16.5. The van der Waals surface area contributed by atoms with Crippen LogP contribution in [0.15, 0.2) is 60.4 Å². The number of likely N-dealkylation sites (tertiary alicyclic amines) is 1. The molecule has 8 nitrogen and oxygen atoms in total. The number of halogens is 2. The standard InChI is InChI=1S/C29H29Cl2N3O5/c1-5-33(6-2)19-9-7-18(8-10-19)24-22(26(36)29(37)34(24)16-17-11-13-32-14-12-17)25(35)20-15-21(30)28(39-4)23(31)27(20)38-3/h7-15,24,35H,5-6,16H2,1-4H3/b25-22+. The van der Waals surface area contributed by atoms with Gasteiger partial charge >= 0.3 is 0 Å². The number of amides is 1. The van der Waals surface area contributed by atoms with Gasteiger partial charge in [-0.15, -0.1) is 0 Å². The highest BCUT2D eigenvalue weighted by molar-refractivity contribution is 6.47. The molecule has 10 heteroatoms. The Bertz CT molecular complexity index is 1410. The quantitative estimate of drug-likeness (QED) is 0.195. The van der Waals surface area contributed by atoms with Crippen molar-refractivity contribution in [3.05, 3.63) is 87.2 Å². The first-order valence-corrected chi connectivity index (χ1v) is 13.1. The highest BCUT2D eigenvalue weighted by atomic mass is 35.5. The lowest BCUT2D eigenvalue weighted by atomic mass is 9.94. The molecule has 2 heterocycles. The van der Waals surface area contributed by atoms with Crippen LogP contribution in [0.1, 0.15) is 36.6 Å². The Labute approximate surface area is 237 Å². The Morgan fingerprint density at radius 3 is 2.18 bits per heavy atom. The summed E-state index contributed by atoms with van der Waals surface area (Å²) in [4.78, 5) is 34.6. The zero-order valence-corrected chi connectivity index (χ0v) is 23.6. The SMILES string of the molecule is CCN(CC)c1ccc(C2/C(=C(\O)c3cc(Cl)c(OC)c(Cl)c3OC)C(=O)C(=O)N2Cc2ccncc2)cc1. The molecule has 0 saturated carbocycles. The molecular formula is C29H29Cl2N3O5. The predicted octanol–water partition coefficient (Wildman–Crippen LogP) is 5.87. The lowest BCUT2D eigenvalue weighted by molar-refractivity contribution is -0.140. The number of methoxy groups -OCH3 is 2. The van der Waals surface area contributed by atoms with E-state index in [0.29, 0.717) is 5.56 Å². The van der Waals surface area contributed by atoms with Gasteiger partial charge in [0.1, 0.15) is 10.8 Å². The van der Waals surface area contributed by atoms with Crippen LogP contribution in [-0.2, 0) is 16.1 Å². The Morgan fingerprint density at radius 1 is 1.00 bits per heavy atom. The van der Waals surface area contributed by atoms with Crippen LogP contribution in [0.4, 0.5) is 5.69 Å². The molecule has 4 rings (SSSR count). The molecule has 1 aliphatic rings. The molecular weight excluding hydrogens is 541 g/mol. The lowest BCUT2D eigenvalue weighted by Gasteiger charge is -2.27. The summed E-state index contributed by atoms with van der Waals surface area (Å²) >= 11 is 12.8. The van der Waals surface area contributed by atoms with Crippen LogP contribution in [0.25, 0.3) is 5.76 Å². The van der Waals surface area contributed by atoms with E-state index in [1.807, 2.05) is 24.3 Å². The third-order valence-electron chi connectivity index (χ3n) is 6.77. The predicted molar refractivity (Wildman–Crippen MR) is 152 cm³/mol. The van der Waals surface area contributed by atoms with Gasteiger partial charge in [0.25, 0.3) is 11.7 Å². The van der Waals surface area contributed by atoms with Gasteiger partial charge in [-0.1, -0.05) is 35.3 Å². The number of nitrogens with zero attached hydrogens (tertiary/aromatic N) is 3. The van der Waals surface area contributed by atoms with Crippen molar-refractivity contribution in [3.8, 4) is 11.5 Å². The van der Waals surface area contributed by atoms with Crippen molar-refractivity contribution in [3.63, 3.8) is 0 Å². The van der Waals surface area contributed by atoms with Crippen molar-refractivity contribution in [2.24, 2.45) is 0 Å². The monoisotopic (exact) mass is 569 g/mol. The maximum absolute atomic E-state index is 13.5. The average Bonchev–Trinajstić information content (AvgIpc) is 3.19. The third-order valence-corrected chi connectivity index (χ3v) is 7.40. The number of aliphatic hydroxyl groups excluding tert-OH is 1. The van der Waals surface area contributed by atoms with Gasteiger partial charge in [0.2, 0.25) is 0 Å². The third kappa shape index (κ3) is 5.27. The number of hydrogen-bond donors (Lipinski definition) is 1. The van der Waals surface area contributed by atoms with Gasteiger partial charge in [-0.2, -0.15) is 0 Å². The van der Waals surface area contributed by atoms with Crippen LogP contribution in [0.5, 0.6) is 11.5 Å². The first-order valence-electron chi connectivity index (χ1n) is 12.4. The molecule has 1 N–H and O–H groups in total. The number of ketones is 1. The molecule has 0 aliphatic carbocycles. The van der Waals surface area contributed by atoms with E-state index in [1.54, 1.807) is 24.5 Å². The van der Waals surface area contributed by atoms with Gasteiger partial charge in [-0.05, 0) is 55.3 Å².